The summed E-state index contributed by atoms with van der Waals surface area (Å²) in [4.78, 5) is 17.3. The SMILES string of the molecule is Cc1ccc(OCCCCn2c(CCNC(=O)Cc3ccccc3C)nc3ccccc32)cc1C. The van der Waals surface area contributed by atoms with Crippen molar-refractivity contribution >= 4 is 16.9 Å². The zero-order valence-corrected chi connectivity index (χ0v) is 21.0. The normalized spacial score (nSPS) is 11.1. The Kier molecular flexibility index (Phi) is 8.19. The van der Waals surface area contributed by atoms with Crippen molar-refractivity contribution in [2.75, 3.05) is 13.2 Å². The first-order chi connectivity index (χ1) is 17.0. The molecule has 1 N–H and O–H groups in total. The fraction of sp³-hybridized carbons (Fsp3) is 0.333. The average Bonchev–Trinajstić information content (AvgIpc) is 3.20. The number of fused-ring (bicyclic) bond motifs is 1. The van der Waals surface area contributed by atoms with Crippen LogP contribution in [0.3, 0.4) is 0 Å². The second kappa shape index (κ2) is 11.7. The van der Waals surface area contributed by atoms with Crippen LogP contribution in [0.4, 0.5) is 0 Å². The number of unbranched alkanes of at least 4 members (excludes halogenated alkanes) is 1. The summed E-state index contributed by atoms with van der Waals surface area (Å²) in [5.41, 5.74) is 6.89. The lowest BCUT2D eigenvalue weighted by atomic mass is 10.1. The van der Waals surface area contributed by atoms with Crippen molar-refractivity contribution in [3.05, 3.63) is 94.8 Å². The van der Waals surface area contributed by atoms with Crippen LogP contribution in [0.15, 0.2) is 66.7 Å². The highest BCUT2D eigenvalue weighted by molar-refractivity contribution is 5.79. The minimum absolute atomic E-state index is 0.0467. The Labute approximate surface area is 208 Å². The summed E-state index contributed by atoms with van der Waals surface area (Å²) in [5.74, 6) is 1.99. The van der Waals surface area contributed by atoms with Crippen molar-refractivity contribution in [1.82, 2.24) is 14.9 Å². The molecule has 0 atom stereocenters. The zero-order valence-electron chi connectivity index (χ0n) is 21.0. The van der Waals surface area contributed by atoms with E-state index >= 15 is 0 Å². The molecule has 0 saturated heterocycles. The quantitative estimate of drug-likeness (QED) is 0.286. The third-order valence-electron chi connectivity index (χ3n) is 6.54. The van der Waals surface area contributed by atoms with E-state index in [4.69, 9.17) is 9.72 Å². The number of aryl methyl sites for hydroxylation is 4. The zero-order chi connectivity index (χ0) is 24.6. The first-order valence-corrected chi connectivity index (χ1v) is 12.5. The second-order valence-corrected chi connectivity index (χ2v) is 9.17. The lowest BCUT2D eigenvalue weighted by Gasteiger charge is -2.11. The summed E-state index contributed by atoms with van der Waals surface area (Å²) in [6, 6.07) is 22.5. The number of nitrogens with one attached hydrogen (secondary N) is 1. The summed E-state index contributed by atoms with van der Waals surface area (Å²) in [6.45, 7) is 8.41. The third-order valence-corrected chi connectivity index (χ3v) is 6.54. The van der Waals surface area contributed by atoms with Gasteiger partial charge in [0, 0.05) is 19.5 Å². The van der Waals surface area contributed by atoms with Crippen molar-refractivity contribution in [3.63, 3.8) is 0 Å². The topological polar surface area (TPSA) is 56.1 Å². The number of benzene rings is 3. The number of hydrogen-bond donors (Lipinski definition) is 1. The molecule has 0 saturated carbocycles. The number of nitrogens with zero attached hydrogens (tertiary/aromatic N) is 2. The summed E-state index contributed by atoms with van der Waals surface area (Å²) < 4.78 is 8.25. The van der Waals surface area contributed by atoms with E-state index in [9.17, 15) is 4.79 Å². The molecule has 5 heteroatoms. The van der Waals surface area contributed by atoms with Crippen LogP contribution in [0.5, 0.6) is 5.75 Å². The molecule has 0 aliphatic heterocycles. The molecule has 0 bridgehead atoms. The molecule has 5 nitrogen and oxygen atoms in total. The minimum Gasteiger partial charge on any atom is -0.494 e. The van der Waals surface area contributed by atoms with Crippen molar-refractivity contribution in [2.45, 2.75) is 53.0 Å². The molecule has 182 valence electrons. The van der Waals surface area contributed by atoms with Crippen molar-refractivity contribution < 1.29 is 9.53 Å². The highest BCUT2D eigenvalue weighted by Crippen LogP contribution is 2.19. The highest BCUT2D eigenvalue weighted by Gasteiger charge is 2.11. The summed E-state index contributed by atoms with van der Waals surface area (Å²) in [6.07, 6.45) is 3.07. The van der Waals surface area contributed by atoms with Gasteiger partial charge in [-0.25, -0.2) is 4.98 Å². The maximum atomic E-state index is 12.5. The molecule has 4 rings (SSSR count). The van der Waals surface area contributed by atoms with Crippen LogP contribution in [-0.4, -0.2) is 28.6 Å². The number of ether oxygens (including phenoxy) is 1. The predicted molar refractivity (Wildman–Crippen MR) is 142 cm³/mol. The van der Waals surface area contributed by atoms with Gasteiger partial charge < -0.3 is 14.6 Å². The van der Waals surface area contributed by atoms with E-state index in [0.717, 1.165) is 53.1 Å². The Morgan fingerprint density at radius 1 is 0.914 bits per heavy atom. The van der Waals surface area contributed by atoms with Crippen LogP contribution in [0, 0.1) is 20.8 Å². The number of imidazole rings is 1. The standard InChI is InChI=1S/C30H35N3O2/c1-22-14-15-26(20-24(22)3)35-19-9-8-18-33-28-13-7-6-12-27(28)32-29(33)16-17-31-30(34)21-25-11-5-4-10-23(25)2/h4-7,10-15,20H,8-9,16-19,21H2,1-3H3,(H,31,34). The Balaban J connectivity index is 1.30. The number of rotatable bonds is 11. The molecule has 35 heavy (non-hydrogen) atoms. The molecule has 0 radical (unpaired) electrons. The van der Waals surface area contributed by atoms with Gasteiger partial charge in [0.05, 0.1) is 24.1 Å². The summed E-state index contributed by atoms with van der Waals surface area (Å²) in [5, 5.41) is 3.07. The first kappa shape index (κ1) is 24.5. The van der Waals surface area contributed by atoms with Crippen molar-refractivity contribution in [2.24, 2.45) is 0 Å². The fourth-order valence-electron chi connectivity index (χ4n) is 4.29. The van der Waals surface area contributed by atoms with E-state index in [0.29, 0.717) is 26.0 Å². The van der Waals surface area contributed by atoms with Gasteiger partial charge in [-0.1, -0.05) is 42.5 Å². The fourth-order valence-corrected chi connectivity index (χ4v) is 4.29. The Morgan fingerprint density at radius 2 is 1.71 bits per heavy atom. The monoisotopic (exact) mass is 469 g/mol. The number of aromatic nitrogens is 2. The smallest absolute Gasteiger partial charge is 0.224 e. The lowest BCUT2D eigenvalue weighted by Crippen LogP contribution is -2.28. The highest BCUT2D eigenvalue weighted by atomic mass is 16.5. The van der Waals surface area contributed by atoms with Gasteiger partial charge in [0.25, 0.3) is 0 Å². The number of hydrogen-bond acceptors (Lipinski definition) is 3. The number of amides is 1. The van der Waals surface area contributed by atoms with Gasteiger partial charge in [0.2, 0.25) is 5.91 Å². The lowest BCUT2D eigenvalue weighted by molar-refractivity contribution is -0.120. The molecule has 1 aromatic heterocycles. The van der Waals surface area contributed by atoms with E-state index in [1.54, 1.807) is 0 Å². The Morgan fingerprint density at radius 3 is 2.54 bits per heavy atom. The molecule has 0 aliphatic rings. The number of carbonyl (C=O) groups excluding carboxylic acids is 1. The van der Waals surface area contributed by atoms with E-state index in [2.05, 4.69) is 54.1 Å². The van der Waals surface area contributed by atoms with Crippen LogP contribution in [-0.2, 0) is 24.2 Å². The Hall–Kier alpha value is -3.60. The van der Waals surface area contributed by atoms with Gasteiger partial charge in [-0.15, -0.1) is 0 Å². The van der Waals surface area contributed by atoms with E-state index in [1.807, 2.05) is 43.3 Å². The van der Waals surface area contributed by atoms with E-state index in [1.165, 1.54) is 11.1 Å². The molecule has 0 fully saturated rings. The molecule has 3 aromatic carbocycles. The van der Waals surface area contributed by atoms with Gasteiger partial charge in [0.1, 0.15) is 11.6 Å². The largest absolute Gasteiger partial charge is 0.494 e. The van der Waals surface area contributed by atoms with Gasteiger partial charge >= 0.3 is 0 Å². The third kappa shape index (κ3) is 6.50. The van der Waals surface area contributed by atoms with Crippen LogP contribution in [0.1, 0.15) is 40.9 Å². The molecule has 4 aromatic rings. The predicted octanol–water partition coefficient (Wildman–Crippen LogP) is 5.72. The van der Waals surface area contributed by atoms with Crippen LogP contribution < -0.4 is 10.1 Å². The molecular formula is C30H35N3O2. The molecule has 1 heterocycles. The van der Waals surface area contributed by atoms with Gasteiger partial charge in [0.15, 0.2) is 0 Å². The average molecular weight is 470 g/mol. The molecular weight excluding hydrogens is 434 g/mol. The molecule has 1 amide bonds. The maximum absolute atomic E-state index is 12.5. The summed E-state index contributed by atoms with van der Waals surface area (Å²) >= 11 is 0. The van der Waals surface area contributed by atoms with Crippen molar-refractivity contribution in [1.29, 1.82) is 0 Å². The van der Waals surface area contributed by atoms with Crippen LogP contribution in [0.25, 0.3) is 11.0 Å². The number of para-hydroxylation sites is 2. The van der Waals surface area contributed by atoms with E-state index < -0.39 is 0 Å². The number of carbonyl (C=O) groups is 1. The van der Waals surface area contributed by atoms with Gasteiger partial charge in [-0.2, -0.15) is 0 Å². The summed E-state index contributed by atoms with van der Waals surface area (Å²) in [7, 11) is 0. The van der Waals surface area contributed by atoms with Crippen LogP contribution >= 0.6 is 0 Å². The molecule has 0 aliphatic carbocycles. The van der Waals surface area contributed by atoms with Gasteiger partial charge in [-0.05, 0) is 80.1 Å². The van der Waals surface area contributed by atoms with Gasteiger partial charge in [-0.3, -0.25) is 4.79 Å². The maximum Gasteiger partial charge on any atom is 0.224 e. The first-order valence-electron chi connectivity index (χ1n) is 12.5. The minimum atomic E-state index is 0.0467. The van der Waals surface area contributed by atoms with Crippen LogP contribution in [0.2, 0.25) is 0 Å². The van der Waals surface area contributed by atoms with Crippen molar-refractivity contribution in [3.8, 4) is 5.75 Å². The molecule has 0 unspecified atom stereocenters. The second-order valence-electron chi connectivity index (χ2n) is 9.17. The van der Waals surface area contributed by atoms with E-state index in [-0.39, 0.29) is 5.91 Å². The Bertz CT molecular complexity index is 1290. The molecule has 0 spiro atoms.